The van der Waals surface area contributed by atoms with Crippen LogP contribution in [0, 0.1) is 0 Å². The molecule has 4 nitrogen and oxygen atoms in total. The molecule has 1 N–H and O–H groups in total. The van der Waals surface area contributed by atoms with E-state index in [1.54, 1.807) is 32.1 Å². The second kappa shape index (κ2) is 8.07. The first-order valence-corrected chi connectivity index (χ1v) is 7.18. The molecule has 1 aromatic rings. The van der Waals surface area contributed by atoms with E-state index in [-0.39, 0.29) is 5.91 Å². The van der Waals surface area contributed by atoms with Gasteiger partial charge < -0.3 is 14.7 Å². The first-order valence-electron chi connectivity index (χ1n) is 6.39. The van der Waals surface area contributed by atoms with E-state index in [0.29, 0.717) is 18.7 Å². The minimum Gasteiger partial charge on any atom is -0.496 e. The quantitative estimate of drug-likeness (QED) is 0.809. The zero-order chi connectivity index (χ0) is 15.1. The van der Waals surface area contributed by atoms with Crippen LogP contribution in [0.1, 0.15) is 18.9 Å². The molecule has 0 saturated carbocycles. The van der Waals surface area contributed by atoms with Crippen molar-refractivity contribution in [3.8, 4) is 5.75 Å². The van der Waals surface area contributed by atoms with Crippen molar-refractivity contribution in [1.82, 2.24) is 4.90 Å². The summed E-state index contributed by atoms with van der Waals surface area (Å²) in [5, 5.41) is 9.21. The smallest absolute Gasteiger partial charge is 0.246 e. The number of halogens is 1. The minimum absolute atomic E-state index is 0.104. The molecule has 110 valence electrons. The van der Waals surface area contributed by atoms with Gasteiger partial charge in [0.25, 0.3) is 0 Å². The number of ether oxygens (including phenoxy) is 1. The average molecular weight is 342 g/mol. The van der Waals surface area contributed by atoms with Gasteiger partial charge in [-0.25, -0.2) is 0 Å². The average Bonchev–Trinajstić information content (AvgIpc) is 2.42. The van der Waals surface area contributed by atoms with Gasteiger partial charge in [-0.1, -0.05) is 15.9 Å². The molecule has 0 aliphatic heterocycles. The Hall–Kier alpha value is -1.33. The highest BCUT2D eigenvalue weighted by molar-refractivity contribution is 9.10. The van der Waals surface area contributed by atoms with Gasteiger partial charge in [0.05, 0.1) is 13.2 Å². The first-order chi connectivity index (χ1) is 9.43. The Labute approximate surface area is 128 Å². The third-order valence-corrected chi connectivity index (χ3v) is 3.35. The lowest BCUT2D eigenvalue weighted by molar-refractivity contribution is -0.124. The topological polar surface area (TPSA) is 49.8 Å². The first kappa shape index (κ1) is 16.7. The molecule has 0 aromatic heterocycles. The fourth-order valence-corrected chi connectivity index (χ4v) is 1.99. The Morgan fingerprint density at radius 3 is 2.85 bits per heavy atom. The lowest BCUT2D eigenvalue weighted by Gasteiger charge is -2.16. The van der Waals surface area contributed by atoms with E-state index in [9.17, 15) is 9.90 Å². The Morgan fingerprint density at radius 2 is 2.25 bits per heavy atom. The summed E-state index contributed by atoms with van der Waals surface area (Å²) in [7, 11) is 3.31. The number of likely N-dealkylation sites (N-methyl/N-ethyl adjacent to an activating group) is 1. The molecule has 20 heavy (non-hydrogen) atoms. The van der Waals surface area contributed by atoms with Gasteiger partial charge in [0.2, 0.25) is 5.91 Å². The maximum absolute atomic E-state index is 11.9. The van der Waals surface area contributed by atoms with E-state index in [0.717, 1.165) is 10.0 Å². The summed E-state index contributed by atoms with van der Waals surface area (Å²) in [5.74, 6) is 0.608. The number of rotatable bonds is 6. The highest BCUT2D eigenvalue weighted by Gasteiger charge is 2.07. The normalized spacial score (nSPS) is 12.4. The summed E-state index contributed by atoms with van der Waals surface area (Å²) >= 11 is 3.39. The molecular weight excluding hydrogens is 322 g/mol. The maximum Gasteiger partial charge on any atom is 0.246 e. The van der Waals surface area contributed by atoms with Crippen LogP contribution in [0.3, 0.4) is 0 Å². The highest BCUT2D eigenvalue weighted by Crippen LogP contribution is 2.24. The zero-order valence-corrected chi connectivity index (χ0v) is 13.6. The molecule has 1 aromatic carbocycles. The molecule has 1 amide bonds. The molecule has 0 bridgehead atoms. The van der Waals surface area contributed by atoms with Crippen LogP contribution in [0.15, 0.2) is 28.7 Å². The van der Waals surface area contributed by atoms with Crippen molar-refractivity contribution >= 4 is 27.9 Å². The minimum atomic E-state index is -0.403. The van der Waals surface area contributed by atoms with Gasteiger partial charge in [-0.3, -0.25) is 4.79 Å². The number of carbonyl (C=O) groups is 1. The number of aliphatic hydroxyl groups excluding tert-OH is 1. The molecule has 0 aliphatic rings. The summed E-state index contributed by atoms with van der Waals surface area (Å²) in [6.07, 6.45) is 3.40. The van der Waals surface area contributed by atoms with Crippen LogP contribution in [-0.2, 0) is 4.79 Å². The van der Waals surface area contributed by atoms with Crippen LogP contribution < -0.4 is 4.74 Å². The Bertz CT molecular complexity index is 486. The molecule has 0 heterocycles. The van der Waals surface area contributed by atoms with Crippen LogP contribution in [0.25, 0.3) is 6.08 Å². The molecule has 1 rings (SSSR count). The number of carbonyl (C=O) groups excluding carboxylic acids is 1. The van der Waals surface area contributed by atoms with Crippen molar-refractivity contribution in [1.29, 1.82) is 0 Å². The van der Waals surface area contributed by atoms with Crippen LogP contribution in [0.4, 0.5) is 0 Å². The lowest BCUT2D eigenvalue weighted by atomic mass is 10.2. The largest absolute Gasteiger partial charge is 0.496 e. The second-order valence-electron chi connectivity index (χ2n) is 4.62. The summed E-state index contributed by atoms with van der Waals surface area (Å²) in [6, 6.07) is 5.61. The molecule has 0 radical (unpaired) electrons. The number of hydrogen-bond acceptors (Lipinski definition) is 3. The van der Waals surface area contributed by atoms with Crippen LogP contribution >= 0.6 is 15.9 Å². The van der Waals surface area contributed by atoms with E-state index in [1.807, 2.05) is 18.2 Å². The third-order valence-electron chi connectivity index (χ3n) is 2.86. The molecule has 0 aliphatic carbocycles. The number of nitrogens with zero attached hydrogens (tertiary/aromatic N) is 1. The SMILES string of the molecule is COc1ccc(Br)cc1/C=C/C(=O)N(C)CCC(C)O. The highest BCUT2D eigenvalue weighted by atomic mass is 79.9. The molecule has 5 heteroatoms. The summed E-state index contributed by atoms with van der Waals surface area (Å²) in [6.45, 7) is 2.23. The fraction of sp³-hybridized carbons (Fsp3) is 0.400. The predicted octanol–water partition coefficient (Wildman–Crippen LogP) is 2.70. The molecular formula is C15H20BrNO3. The number of amides is 1. The van der Waals surface area contributed by atoms with Crippen molar-refractivity contribution in [2.45, 2.75) is 19.4 Å². The Morgan fingerprint density at radius 1 is 1.55 bits per heavy atom. The van der Waals surface area contributed by atoms with Gasteiger partial charge in [-0.05, 0) is 37.6 Å². The Kier molecular flexibility index (Phi) is 6.75. The van der Waals surface area contributed by atoms with Gasteiger partial charge in [0.1, 0.15) is 5.75 Å². The van der Waals surface area contributed by atoms with Gasteiger partial charge in [-0.15, -0.1) is 0 Å². The van der Waals surface area contributed by atoms with Crippen molar-refractivity contribution in [2.75, 3.05) is 20.7 Å². The van der Waals surface area contributed by atoms with Crippen molar-refractivity contribution in [2.24, 2.45) is 0 Å². The lowest BCUT2D eigenvalue weighted by Crippen LogP contribution is -2.27. The van der Waals surface area contributed by atoms with E-state index in [1.165, 1.54) is 6.08 Å². The van der Waals surface area contributed by atoms with Crippen LogP contribution in [-0.4, -0.2) is 42.7 Å². The summed E-state index contributed by atoms with van der Waals surface area (Å²) in [5.41, 5.74) is 0.833. The number of methoxy groups -OCH3 is 1. The van der Waals surface area contributed by atoms with E-state index in [4.69, 9.17) is 4.74 Å². The van der Waals surface area contributed by atoms with Gasteiger partial charge in [0, 0.05) is 29.7 Å². The van der Waals surface area contributed by atoms with Gasteiger partial charge in [-0.2, -0.15) is 0 Å². The van der Waals surface area contributed by atoms with Crippen LogP contribution in [0.2, 0.25) is 0 Å². The van der Waals surface area contributed by atoms with Gasteiger partial charge in [0.15, 0.2) is 0 Å². The summed E-state index contributed by atoms with van der Waals surface area (Å²) in [4.78, 5) is 13.5. The Balaban J connectivity index is 2.72. The molecule has 1 unspecified atom stereocenters. The molecule has 0 saturated heterocycles. The van der Waals surface area contributed by atoms with Crippen molar-refractivity contribution in [3.05, 3.63) is 34.3 Å². The van der Waals surface area contributed by atoms with Gasteiger partial charge >= 0.3 is 0 Å². The monoisotopic (exact) mass is 341 g/mol. The zero-order valence-electron chi connectivity index (χ0n) is 12.0. The number of aliphatic hydroxyl groups is 1. The van der Waals surface area contributed by atoms with Crippen LogP contribution in [0.5, 0.6) is 5.75 Å². The number of hydrogen-bond donors (Lipinski definition) is 1. The van der Waals surface area contributed by atoms with Crippen molar-refractivity contribution < 1.29 is 14.6 Å². The predicted molar refractivity (Wildman–Crippen MR) is 83.7 cm³/mol. The maximum atomic E-state index is 11.9. The van der Waals surface area contributed by atoms with Crippen molar-refractivity contribution in [3.63, 3.8) is 0 Å². The third kappa shape index (κ3) is 5.35. The molecule has 0 spiro atoms. The summed E-state index contributed by atoms with van der Waals surface area (Å²) < 4.78 is 6.17. The fourth-order valence-electron chi connectivity index (χ4n) is 1.61. The van der Waals surface area contributed by atoms with E-state index >= 15 is 0 Å². The number of benzene rings is 1. The standard InChI is InChI=1S/C15H20BrNO3/c1-11(18)8-9-17(2)15(19)7-4-12-10-13(16)5-6-14(12)20-3/h4-7,10-11,18H,8-9H2,1-3H3/b7-4+. The second-order valence-corrected chi connectivity index (χ2v) is 5.53. The molecule has 0 fully saturated rings. The van der Waals surface area contributed by atoms with E-state index in [2.05, 4.69) is 15.9 Å². The van der Waals surface area contributed by atoms with E-state index < -0.39 is 6.10 Å². The molecule has 1 atom stereocenters.